The molecule has 1 fully saturated rings. The van der Waals surface area contributed by atoms with Crippen molar-refractivity contribution in [2.75, 3.05) is 13.0 Å². The molecule has 1 saturated carbocycles. The lowest BCUT2D eigenvalue weighted by Gasteiger charge is -2.33. The third kappa shape index (κ3) is 5.73. The van der Waals surface area contributed by atoms with Gasteiger partial charge in [0.15, 0.2) is 0 Å². The van der Waals surface area contributed by atoms with E-state index in [4.69, 9.17) is 16.3 Å². The number of alkyl halides is 1. The molecule has 0 spiro atoms. The minimum Gasteiger partial charge on any atom is -0.497 e. The van der Waals surface area contributed by atoms with Crippen molar-refractivity contribution < 1.29 is 14.3 Å². The number of nitrogens with one attached hydrogen (secondary N) is 1. The van der Waals surface area contributed by atoms with E-state index in [1.54, 1.807) is 23.3 Å². The largest absolute Gasteiger partial charge is 0.497 e. The summed E-state index contributed by atoms with van der Waals surface area (Å²) >= 11 is 7.48. The molecule has 2 amide bonds. The summed E-state index contributed by atoms with van der Waals surface area (Å²) in [6, 6.07) is 10.6. The van der Waals surface area contributed by atoms with Gasteiger partial charge in [0.05, 0.1) is 13.7 Å². The van der Waals surface area contributed by atoms with E-state index >= 15 is 0 Å². The number of carbonyl (C=O) groups excluding carboxylic acids is 2. The molecule has 3 rings (SSSR count). The third-order valence-corrected chi connectivity index (χ3v) is 6.37. The van der Waals surface area contributed by atoms with Crippen LogP contribution < -0.4 is 10.1 Å². The first-order valence-electron chi connectivity index (χ1n) is 9.94. The molecule has 7 heteroatoms. The van der Waals surface area contributed by atoms with Crippen LogP contribution in [0.5, 0.6) is 5.75 Å². The SMILES string of the molecule is COc1ccc(C(C(=O)NC2CCCCC2)N(Cc2cccs2)C(=O)CCl)cc1. The number of halogens is 1. The van der Waals surface area contributed by atoms with Crippen LogP contribution in [0.1, 0.15) is 48.6 Å². The van der Waals surface area contributed by atoms with E-state index in [9.17, 15) is 9.59 Å². The van der Waals surface area contributed by atoms with Crippen molar-refractivity contribution in [3.8, 4) is 5.75 Å². The quantitative estimate of drug-likeness (QED) is 0.621. The lowest BCUT2D eigenvalue weighted by Crippen LogP contribution is -2.47. The summed E-state index contributed by atoms with van der Waals surface area (Å²) in [5.41, 5.74) is 0.745. The van der Waals surface area contributed by atoms with Gasteiger partial charge in [-0.1, -0.05) is 37.5 Å². The highest BCUT2D eigenvalue weighted by Crippen LogP contribution is 2.28. The summed E-state index contributed by atoms with van der Waals surface area (Å²) in [6.07, 6.45) is 5.42. The number of hydrogen-bond donors (Lipinski definition) is 1. The summed E-state index contributed by atoms with van der Waals surface area (Å²) in [5, 5.41) is 5.14. The van der Waals surface area contributed by atoms with Gasteiger partial charge < -0.3 is 15.0 Å². The Bertz CT molecular complexity index is 789. The second-order valence-corrected chi connectivity index (χ2v) is 8.55. The first-order chi connectivity index (χ1) is 14.1. The van der Waals surface area contributed by atoms with Crippen LogP contribution >= 0.6 is 22.9 Å². The summed E-state index contributed by atoms with van der Waals surface area (Å²) < 4.78 is 5.24. The summed E-state index contributed by atoms with van der Waals surface area (Å²) in [5.74, 6) is 0.111. The molecule has 1 aliphatic rings. The fraction of sp³-hybridized carbons (Fsp3) is 0.455. The molecule has 0 saturated heterocycles. The molecule has 0 aliphatic heterocycles. The summed E-state index contributed by atoms with van der Waals surface area (Å²) in [6.45, 7) is 0.345. The highest BCUT2D eigenvalue weighted by Gasteiger charge is 2.32. The second kappa shape index (κ2) is 10.6. The number of ether oxygens (including phenoxy) is 1. The third-order valence-electron chi connectivity index (χ3n) is 5.28. The molecule has 1 aromatic heterocycles. The van der Waals surface area contributed by atoms with Gasteiger partial charge in [-0.05, 0) is 42.0 Å². The van der Waals surface area contributed by atoms with Crippen molar-refractivity contribution in [1.82, 2.24) is 10.2 Å². The molecule has 1 aromatic carbocycles. The Labute approximate surface area is 181 Å². The summed E-state index contributed by atoms with van der Waals surface area (Å²) in [4.78, 5) is 28.7. The molecule has 1 aliphatic carbocycles. The second-order valence-electron chi connectivity index (χ2n) is 7.25. The first-order valence-corrected chi connectivity index (χ1v) is 11.4. The zero-order chi connectivity index (χ0) is 20.6. The van der Waals surface area contributed by atoms with E-state index in [0.29, 0.717) is 12.3 Å². The summed E-state index contributed by atoms with van der Waals surface area (Å²) in [7, 11) is 1.60. The minimum atomic E-state index is -0.740. The molecule has 1 heterocycles. The van der Waals surface area contributed by atoms with Crippen LogP contribution in [-0.2, 0) is 16.1 Å². The van der Waals surface area contributed by atoms with Gasteiger partial charge in [0.2, 0.25) is 11.8 Å². The predicted octanol–water partition coefficient (Wildman–Crippen LogP) is 4.51. The van der Waals surface area contributed by atoms with Gasteiger partial charge in [0.25, 0.3) is 0 Å². The monoisotopic (exact) mass is 434 g/mol. The molecule has 5 nitrogen and oxygen atoms in total. The minimum absolute atomic E-state index is 0.155. The van der Waals surface area contributed by atoms with E-state index in [2.05, 4.69) is 5.32 Å². The van der Waals surface area contributed by atoms with Gasteiger partial charge in [0.1, 0.15) is 17.7 Å². The number of nitrogens with zero attached hydrogens (tertiary/aromatic N) is 1. The van der Waals surface area contributed by atoms with E-state index < -0.39 is 6.04 Å². The maximum atomic E-state index is 13.4. The van der Waals surface area contributed by atoms with Crippen molar-refractivity contribution in [2.24, 2.45) is 0 Å². The zero-order valence-electron chi connectivity index (χ0n) is 16.6. The van der Waals surface area contributed by atoms with Gasteiger partial charge >= 0.3 is 0 Å². The van der Waals surface area contributed by atoms with Crippen LogP contribution in [0.2, 0.25) is 0 Å². The molecule has 0 radical (unpaired) electrons. The topological polar surface area (TPSA) is 58.6 Å². The normalized spacial score (nSPS) is 15.5. The molecule has 1 atom stereocenters. The van der Waals surface area contributed by atoms with E-state index in [1.807, 2.05) is 41.8 Å². The fourth-order valence-corrected chi connectivity index (χ4v) is 4.61. The van der Waals surface area contributed by atoms with E-state index in [1.165, 1.54) is 6.42 Å². The lowest BCUT2D eigenvalue weighted by atomic mass is 9.94. The average Bonchev–Trinajstić information content (AvgIpc) is 3.27. The number of methoxy groups -OCH3 is 1. The number of amides is 2. The van der Waals surface area contributed by atoms with Gasteiger partial charge in [-0.3, -0.25) is 9.59 Å². The van der Waals surface area contributed by atoms with Crippen molar-refractivity contribution in [3.05, 3.63) is 52.2 Å². The maximum Gasteiger partial charge on any atom is 0.247 e. The molecular weight excluding hydrogens is 408 g/mol. The maximum absolute atomic E-state index is 13.4. The average molecular weight is 435 g/mol. The zero-order valence-corrected chi connectivity index (χ0v) is 18.2. The number of hydrogen-bond acceptors (Lipinski definition) is 4. The van der Waals surface area contributed by atoms with Crippen LogP contribution in [0.25, 0.3) is 0 Å². The Morgan fingerprint density at radius 2 is 1.93 bits per heavy atom. The molecular formula is C22H27ClN2O3S. The van der Waals surface area contributed by atoms with Crippen molar-refractivity contribution in [2.45, 2.75) is 50.7 Å². The molecule has 1 N–H and O–H groups in total. The molecule has 1 unspecified atom stereocenters. The van der Waals surface area contributed by atoms with Crippen molar-refractivity contribution in [3.63, 3.8) is 0 Å². The Morgan fingerprint density at radius 1 is 1.21 bits per heavy atom. The number of carbonyl (C=O) groups is 2. The van der Waals surface area contributed by atoms with Crippen molar-refractivity contribution >= 4 is 34.8 Å². The van der Waals surface area contributed by atoms with Crippen LogP contribution in [0.4, 0.5) is 0 Å². The van der Waals surface area contributed by atoms with Gasteiger partial charge in [-0.25, -0.2) is 0 Å². The van der Waals surface area contributed by atoms with Gasteiger partial charge in [-0.2, -0.15) is 0 Å². The van der Waals surface area contributed by atoms with E-state index in [-0.39, 0.29) is 23.7 Å². The smallest absolute Gasteiger partial charge is 0.247 e. The molecule has 2 aromatic rings. The Balaban J connectivity index is 1.91. The first kappa shape index (κ1) is 21.7. The van der Waals surface area contributed by atoms with Crippen LogP contribution in [-0.4, -0.2) is 35.7 Å². The standard InChI is InChI=1S/C22H27ClN2O3S/c1-28-18-11-9-16(10-12-18)21(22(27)24-17-6-3-2-4-7-17)25(20(26)14-23)15-19-8-5-13-29-19/h5,8-13,17,21H,2-4,6-7,14-15H2,1H3,(H,24,27). The number of thiophene rings is 1. The molecule has 0 bridgehead atoms. The fourth-order valence-electron chi connectivity index (χ4n) is 3.76. The van der Waals surface area contributed by atoms with Crippen LogP contribution in [0.15, 0.2) is 41.8 Å². The molecule has 29 heavy (non-hydrogen) atoms. The highest BCUT2D eigenvalue weighted by molar-refractivity contribution is 7.09. The van der Waals surface area contributed by atoms with Gasteiger partial charge in [-0.15, -0.1) is 22.9 Å². The lowest BCUT2D eigenvalue weighted by molar-refractivity contribution is -0.140. The Hall–Kier alpha value is -2.05. The van der Waals surface area contributed by atoms with Crippen LogP contribution in [0, 0.1) is 0 Å². The number of rotatable bonds is 8. The number of benzene rings is 1. The highest BCUT2D eigenvalue weighted by atomic mass is 35.5. The van der Waals surface area contributed by atoms with E-state index in [0.717, 1.165) is 36.1 Å². The van der Waals surface area contributed by atoms with Gasteiger partial charge in [0, 0.05) is 10.9 Å². The van der Waals surface area contributed by atoms with Crippen LogP contribution in [0.3, 0.4) is 0 Å². The van der Waals surface area contributed by atoms with Crippen molar-refractivity contribution in [1.29, 1.82) is 0 Å². The Kier molecular flexibility index (Phi) is 7.95. The Morgan fingerprint density at radius 3 is 2.52 bits per heavy atom. The molecule has 156 valence electrons. The predicted molar refractivity (Wildman–Crippen MR) is 116 cm³/mol.